The molecule has 1 aliphatic rings. The smallest absolute Gasteiger partial charge is 0.203 e. The molecule has 0 aliphatic carbocycles. The number of aromatic nitrogens is 1. The molecule has 6 rings (SSSR count). The summed E-state index contributed by atoms with van der Waals surface area (Å²) in [7, 11) is 9.69. The Balaban J connectivity index is 0.00000148. The van der Waals surface area contributed by atoms with E-state index in [9.17, 15) is 5.11 Å². The maximum atomic E-state index is 10.7. The van der Waals surface area contributed by atoms with Crippen molar-refractivity contribution in [2.45, 2.75) is 65.6 Å². The fraction of sp³-hybridized carbons (Fsp3) is 0.383. The van der Waals surface area contributed by atoms with Gasteiger partial charge >= 0.3 is 0 Å². The summed E-state index contributed by atoms with van der Waals surface area (Å²) >= 11 is 0. The molecule has 1 aliphatic heterocycles. The van der Waals surface area contributed by atoms with E-state index in [0.29, 0.717) is 52.8 Å². The predicted molar refractivity (Wildman–Crippen MR) is 229 cm³/mol. The van der Waals surface area contributed by atoms with E-state index in [1.54, 1.807) is 42.7 Å². The molecular weight excluding hydrogens is 719 g/mol. The number of piperidine rings is 1. The number of phenols is 1. The fourth-order valence-corrected chi connectivity index (χ4v) is 7.06. The van der Waals surface area contributed by atoms with E-state index in [1.807, 2.05) is 49.5 Å². The van der Waals surface area contributed by atoms with E-state index < -0.39 is 0 Å². The largest absolute Gasteiger partial charge is 0.508 e. The molecule has 1 saturated heterocycles. The van der Waals surface area contributed by atoms with Gasteiger partial charge in [0.05, 0.1) is 48.4 Å². The van der Waals surface area contributed by atoms with Crippen LogP contribution in [-0.4, -0.2) is 76.8 Å². The lowest BCUT2D eigenvalue weighted by molar-refractivity contribution is 0.201. The minimum Gasteiger partial charge on any atom is -0.508 e. The highest BCUT2D eigenvalue weighted by Crippen LogP contribution is 2.42. The Morgan fingerprint density at radius 1 is 0.632 bits per heavy atom. The van der Waals surface area contributed by atoms with Crippen molar-refractivity contribution < 1.29 is 33.5 Å². The van der Waals surface area contributed by atoms with Crippen LogP contribution in [0.1, 0.15) is 56.2 Å². The molecule has 0 saturated carbocycles. The normalized spacial score (nSPS) is 12.9. The van der Waals surface area contributed by atoms with Gasteiger partial charge in [-0.15, -0.1) is 0 Å². The molecule has 57 heavy (non-hydrogen) atoms. The van der Waals surface area contributed by atoms with Gasteiger partial charge in [-0.1, -0.05) is 57.0 Å². The van der Waals surface area contributed by atoms with Gasteiger partial charge in [0.15, 0.2) is 23.0 Å². The molecule has 0 amide bonds. The molecule has 10 heteroatoms. The number of hydrogen-bond donors (Lipinski definition) is 1. The number of aryl methyl sites for hydroxylation is 1. The van der Waals surface area contributed by atoms with Gasteiger partial charge in [-0.3, -0.25) is 9.88 Å². The molecule has 4 aromatic carbocycles. The average Bonchev–Trinajstić information content (AvgIpc) is 3.26. The van der Waals surface area contributed by atoms with Crippen molar-refractivity contribution in [3.8, 4) is 62.6 Å². The van der Waals surface area contributed by atoms with Crippen LogP contribution in [0.25, 0.3) is 22.4 Å². The van der Waals surface area contributed by atoms with Crippen LogP contribution in [0.3, 0.4) is 0 Å². The van der Waals surface area contributed by atoms with Gasteiger partial charge < -0.3 is 38.4 Å². The third-order valence-electron chi connectivity index (χ3n) is 10.5. The lowest BCUT2D eigenvalue weighted by Crippen LogP contribution is -2.44. The van der Waals surface area contributed by atoms with Crippen LogP contribution in [0, 0.1) is 6.92 Å². The summed E-state index contributed by atoms with van der Waals surface area (Å²) in [5.74, 6) is 3.86. The zero-order valence-corrected chi connectivity index (χ0v) is 35.1. The highest BCUT2D eigenvalue weighted by atomic mass is 16.5. The summed E-state index contributed by atoms with van der Waals surface area (Å²) < 4.78 is 33.4. The van der Waals surface area contributed by atoms with Crippen molar-refractivity contribution in [2.24, 2.45) is 0 Å². The maximum absolute atomic E-state index is 10.7. The number of hydrogen-bond acceptors (Lipinski definition) is 10. The quantitative estimate of drug-likeness (QED) is 0.111. The zero-order chi connectivity index (χ0) is 40.9. The van der Waals surface area contributed by atoms with Crippen LogP contribution in [0.2, 0.25) is 0 Å². The molecule has 1 fully saturated rings. The summed E-state index contributed by atoms with van der Waals surface area (Å²) in [4.78, 5) is 9.61. The molecule has 0 atom stereocenters. The molecular formula is C47H59N3O7. The summed E-state index contributed by atoms with van der Waals surface area (Å²) in [5.41, 5.74) is 8.01. The third-order valence-corrected chi connectivity index (χ3v) is 10.5. The molecule has 5 aromatic rings. The van der Waals surface area contributed by atoms with Crippen molar-refractivity contribution in [1.82, 2.24) is 9.88 Å². The molecule has 304 valence electrons. The minimum atomic E-state index is 0.301. The lowest BCUT2D eigenvalue weighted by atomic mass is 9.99. The number of methoxy groups -OCH3 is 6. The standard InChI is InChI=1S/C43H49N3O7.C4H10/c1-28-8-13-35(25-37(28)47)46(27-29-9-11-31(12-10-29)32-21-38(48-2)42(52-6)39(22-32)49-3)34-15-18-45(19-16-34)26-30-14-17-44-36(20-30)33-23-40(50-4)43(53-7)41(24-33)51-5;1-3-4-2/h8-14,17,20-25,34,47H,15-16,18-19,26-27H2,1-7H3;3-4H2,1-2H3. The minimum absolute atomic E-state index is 0.301. The molecule has 0 unspecified atom stereocenters. The van der Waals surface area contributed by atoms with Gasteiger partial charge in [0.25, 0.3) is 0 Å². The summed E-state index contributed by atoms with van der Waals surface area (Å²) in [6.07, 6.45) is 6.48. The summed E-state index contributed by atoms with van der Waals surface area (Å²) in [6.45, 7) is 9.71. The van der Waals surface area contributed by atoms with Gasteiger partial charge in [0.2, 0.25) is 11.5 Å². The number of pyridine rings is 1. The van der Waals surface area contributed by atoms with Crippen LogP contribution >= 0.6 is 0 Å². The van der Waals surface area contributed by atoms with Crippen LogP contribution in [-0.2, 0) is 13.1 Å². The molecule has 0 radical (unpaired) electrons. The second kappa shape index (κ2) is 20.5. The Labute approximate surface area is 338 Å². The Bertz CT molecular complexity index is 1990. The highest BCUT2D eigenvalue weighted by molar-refractivity contribution is 5.72. The van der Waals surface area contributed by atoms with Crippen molar-refractivity contribution in [1.29, 1.82) is 0 Å². The van der Waals surface area contributed by atoms with E-state index in [-0.39, 0.29) is 0 Å². The van der Waals surface area contributed by atoms with E-state index in [1.165, 1.54) is 24.0 Å². The van der Waals surface area contributed by atoms with Gasteiger partial charge in [-0.05, 0) is 90.0 Å². The number of nitrogens with zero attached hydrogens (tertiary/aromatic N) is 3. The third kappa shape index (κ3) is 10.4. The average molecular weight is 778 g/mol. The van der Waals surface area contributed by atoms with Gasteiger partial charge in [0.1, 0.15) is 5.75 Å². The van der Waals surface area contributed by atoms with Crippen molar-refractivity contribution >= 4 is 5.69 Å². The molecule has 2 heterocycles. The van der Waals surface area contributed by atoms with Gasteiger partial charge in [0, 0.05) is 55.7 Å². The molecule has 1 aromatic heterocycles. The second-order valence-corrected chi connectivity index (χ2v) is 14.2. The highest BCUT2D eigenvalue weighted by Gasteiger charge is 2.26. The first-order valence-electron chi connectivity index (χ1n) is 19.6. The first kappa shape index (κ1) is 42.5. The van der Waals surface area contributed by atoms with E-state index in [2.05, 4.69) is 71.1 Å². The summed E-state index contributed by atoms with van der Waals surface area (Å²) in [5, 5.41) is 10.7. The number of rotatable bonds is 15. The molecule has 0 bridgehead atoms. The van der Waals surface area contributed by atoms with Crippen LogP contribution in [0.5, 0.6) is 40.2 Å². The topological polar surface area (TPSA) is 95.0 Å². The Kier molecular flexibility index (Phi) is 15.3. The SMILES string of the molecule is CCCC.COc1cc(-c2ccc(CN(c3ccc(C)c(O)c3)C3CCN(Cc4ccnc(-c5cc(OC)c(OC)c(OC)c5)c4)CC3)cc2)cc(OC)c1OC. The van der Waals surface area contributed by atoms with Gasteiger partial charge in [-0.2, -0.15) is 0 Å². The fourth-order valence-electron chi connectivity index (χ4n) is 7.06. The van der Waals surface area contributed by atoms with Crippen LogP contribution in [0.4, 0.5) is 5.69 Å². The Hall–Kier alpha value is -5.61. The summed E-state index contributed by atoms with van der Waals surface area (Å²) in [6, 6.07) is 26.9. The number of ether oxygens (including phenoxy) is 6. The van der Waals surface area contributed by atoms with Crippen LogP contribution in [0.15, 0.2) is 85.1 Å². The number of likely N-dealkylation sites (tertiary alicyclic amines) is 1. The van der Waals surface area contributed by atoms with E-state index in [0.717, 1.165) is 66.1 Å². The second-order valence-electron chi connectivity index (χ2n) is 14.2. The lowest BCUT2D eigenvalue weighted by Gasteiger charge is -2.40. The van der Waals surface area contributed by atoms with Crippen molar-refractivity contribution in [3.05, 3.63) is 102 Å². The van der Waals surface area contributed by atoms with Crippen molar-refractivity contribution in [3.63, 3.8) is 0 Å². The number of benzene rings is 4. The van der Waals surface area contributed by atoms with Crippen molar-refractivity contribution in [2.75, 3.05) is 60.6 Å². The first-order chi connectivity index (χ1) is 27.7. The molecule has 0 spiro atoms. The van der Waals surface area contributed by atoms with E-state index in [4.69, 9.17) is 28.4 Å². The monoisotopic (exact) mass is 777 g/mol. The number of phenolic OH excluding ortho intramolecular Hbond substituents is 1. The molecule has 10 nitrogen and oxygen atoms in total. The molecule has 1 N–H and O–H groups in total. The Morgan fingerprint density at radius 2 is 1.18 bits per heavy atom. The maximum Gasteiger partial charge on any atom is 0.203 e. The zero-order valence-electron chi connectivity index (χ0n) is 35.1. The number of unbranched alkanes of at least 4 members (excludes halogenated alkanes) is 1. The van der Waals surface area contributed by atoms with E-state index >= 15 is 0 Å². The van der Waals surface area contributed by atoms with Crippen LogP contribution < -0.4 is 33.3 Å². The van der Waals surface area contributed by atoms with Gasteiger partial charge in [-0.25, -0.2) is 0 Å². The number of aromatic hydroxyl groups is 1. The number of anilines is 1. The first-order valence-corrected chi connectivity index (χ1v) is 19.6. The predicted octanol–water partition coefficient (Wildman–Crippen LogP) is 9.96. The Morgan fingerprint density at radius 3 is 1.67 bits per heavy atom.